The normalized spacial score (nSPS) is 17.6. The minimum absolute atomic E-state index is 0.0576. The van der Waals surface area contributed by atoms with E-state index in [2.05, 4.69) is 20.9 Å². The minimum atomic E-state index is -0.233. The molecule has 124 valence electrons. The highest BCUT2D eigenvalue weighted by Crippen LogP contribution is 2.39. The number of hydrogen-bond donors (Lipinski definition) is 0. The summed E-state index contributed by atoms with van der Waals surface area (Å²) in [6.07, 6.45) is 6.27. The molecule has 1 saturated carbocycles. The predicted octanol–water partition coefficient (Wildman–Crippen LogP) is 4.80. The fourth-order valence-corrected chi connectivity index (χ4v) is 4.34. The van der Waals surface area contributed by atoms with Crippen molar-refractivity contribution in [3.63, 3.8) is 0 Å². The number of pyridine rings is 1. The summed E-state index contributed by atoms with van der Waals surface area (Å²) >= 11 is 3.41. The molecule has 1 fully saturated rings. The fraction of sp³-hybridized carbons (Fsp3) is 0.368. The van der Waals surface area contributed by atoms with Crippen molar-refractivity contribution in [1.82, 2.24) is 9.88 Å². The van der Waals surface area contributed by atoms with Crippen LogP contribution in [0, 0.1) is 5.82 Å². The number of aromatic nitrogens is 1. The molecular formula is C19H18BrFN2O. The van der Waals surface area contributed by atoms with Crippen molar-refractivity contribution in [2.75, 3.05) is 0 Å². The second-order valence-corrected chi connectivity index (χ2v) is 7.51. The van der Waals surface area contributed by atoms with E-state index < -0.39 is 0 Å². The third-order valence-corrected chi connectivity index (χ3v) is 5.55. The summed E-state index contributed by atoms with van der Waals surface area (Å²) in [5, 5.41) is 0. The van der Waals surface area contributed by atoms with Crippen molar-refractivity contribution < 1.29 is 9.18 Å². The molecule has 4 rings (SSSR count). The number of halogens is 2. The Balaban J connectivity index is 1.67. The van der Waals surface area contributed by atoms with Crippen LogP contribution in [0.3, 0.4) is 0 Å². The van der Waals surface area contributed by atoms with Crippen molar-refractivity contribution in [3.05, 3.63) is 63.1 Å². The maximum atomic E-state index is 14.7. The first-order valence-electron chi connectivity index (χ1n) is 8.34. The number of benzene rings is 1. The standard InChI is InChI=1S/C19H18BrFN2O/c20-13-8-15(12-4-1-2-5-12)16(17(21)9-13)10-23-11-18-14(19(23)24)6-3-7-22-18/h3,6-9,12H,1-2,4-5,10-11H2. The molecule has 1 aliphatic heterocycles. The quantitative estimate of drug-likeness (QED) is 0.756. The summed E-state index contributed by atoms with van der Waals surface area (Å²) in [6, 6.07) is 7.09. The van der Waals surface area contributed by atoms with Crippen molar-refractivity contribution in [3.8, 4) is 0 Å². The van der Waals surface area contributed by atoms with Gasteiger partial charge in [-0.2, -0.15) is 0 Å². The Hall–Kier alpha value is -1.75. The molecule has 1 aromatic heterocycles. The fourth-order valence-electron chi connectivity index (χ4n) is 3.89. The van der Waals surface area contributed by atoms with Gasteiger partial charge < -0.3 is 4.90 Å². The van der Waals surface area contributed by atoms with Crippen molar-refractivity contribution in [2.24, 2.45) is 0 Å². The maximum Gasteiger partial charge on any atom is 0.256 e. The van der Waals surface area contributed by atoms with E-state index in [4.69, 9.17) is 0 Å². The highest BCUT2D eigenvalue weighted by molar-refractivity contribution is 9.10. The van der Waals surface area contributed by atoms with E-state index in [1.807, 2.05) is 6.07 Å². The van der Waals surface area contributed by atoms with E-state index in [0.717, 1.165) is 28.6 Å². The zero-order valence-corrected chi connectivity index (χ0v) is 14.9. The third kappa shape index (κ3) is 2.75. The zero-order valence-electron chi connectivity index (χ0n) is 13.3. The van der Waals surface area contributed by atoms with E-state index in [0.29, 0.717) is 30.1 Å². The summed E-state index contributed by atoms with van der Waals surface area (Å²) in [5.41, 5.74) is 3.13. The second-order valence-electron chi connectivity index (χ2n) is 6.60. The Bertz CT molecular complexity index is 802. The van der Waals surface area contributed by atoms with Crippen LogP contribution in [0.15, 0.2) is 34.9 Å². The molecule has 0 N–H and O–H groups in total. The van der Waals surface area contributed by atoms with Gasteiger partial charge in [-0.05, 0) is 48.6 Å². The van der Waals surface area contributed by atoms with Gasteiger partial charge in [-0.25, -0.2) is 4.39 Å². The van der Waals surface area contributed by atoms with Crippen LogP contribution < -0.4 is 0 Å². The Morgan fingerprint density at radius 3 is 2.83 bits per heavy atom. The van der Waals surface area contributed by atoms with Gasteiger partial charge in [-0.3, -0.25) is 9.78 Å². The molecule has 2 aromatic rings. The number of rotatable bonds is 3. The lowest BCUT2D eigenvalue weighted by Gasteiger charge is -2.22. The maximum absolute atomic E-state index is 14.7. The molecule has 24 heavy (non-hydrogen) atoms. The highest BCUT2D eigenvalue weighted by Gasteiger charge is 2.30. The van der Waals surface area contributed by atoms with E-state index >= 15 is 0 Å². The van der Waals surface area contributed by atoms with Crippen LogP contribution in [0.1, 0.15) is 58.8 Å². The van der Waals surface area contributed by atoms with Crippen molar-refractivity contribution in [2.45, 2.75) is 44.7 Å². The average Bonchev–Trinajstić information content (AvgIpc) is 3.19. The molecule has 5 heteroatoms. The van der Waals surface area contributed by atoms with Crippen molar-refractivity contribution >= 4 is 21.8 Å². The zero-order chi connectivity index (χ0) is 16.7. The van der Waals surface area contributed by atoms with Gasteiger partial charge in [-0.1, -0.05) is 28.8 Å². The summed E-state index contributed by atoms with van der Waals surface area (Å²) in [5.74, 6) is 0.103. The number of amides is 1. The van der Waals surface area contributed by atoms with Gasteiger partial charge in [0.2, 0.25) is 0 Å². The van der Waals surface area contributed by atoms with Crippen LogP contribution in [0.2, 0.25) is 0 Å². The molecule has 1 amide bonds. The molecule has 1 aliphatic carbocycles. The number of fused-ring (bicyclic) bond motifs is 1. The first kappa shape index (κ1) is 15.8. The Morgan fingerprint density at radius 1 is 1.29 bits per heavy atom. The van der Waals surface area contributed by atoms with Gasteiger partial charge in [0.1, 0.15) is 5.82 Å². The monoisotopic (exact) mass is 388 g/mol. The lowest BCUT2D eigenvalue weighted by Crippen LogP contribution is -2.25. The van der Waals surface area contributed by atoms with Crippen LogP contribution in [0.5, 0.6) is 0 Å². The molecule has 0 bridgehead atoms. The Morgan fingerprint density at radius 2 is 2.08 bits per heavy atom. The van der Waals surface area contributed by atoms with Crippen LogP contribution in [0.4, 0.5) is 4.39 Å². The second kappa shape index (κ2) is 6.28. The molecule has 1 aromatic carbocycles. The molecule has 0 radical (unpaired) electrons. The first-order chi connectivity index (χ1) is 11.6. The van der Waals surface area contributed by atoms with Gasteiger partial charge in [0.05, 0.1) is 17.8 Å². The van der Waals surface area contributed by atoms with Crippen molar-refractivity contribution in [1.29, 1.82) is 0 Å². The Kier molecular flexibility index (Phi) is 4.12. The molecule has 0 spiro atoms. The van der Waals surface area contributed by atoms with E-state index in [1.165, 1.54) is 18.9 Å². The highest BCUT2D eigenvalue weighted by atomic mass is 79.9. The van der Waals surface area contributed by atoms with Gasteiger partial charge in [-0.15, -0.1) is 0 Å². The number of hydrogen-bond acceptors (Lipinski definition) is 2. The topological polar surface area (TPSA) is 33.2 Å². The van der Waals surface area contributed by atoms with Crippen LogP contribution in [0.25, 0.3) is 0 Å². The predicted molar refractivity (Wildman–Crippen MR) is 93.1 cm³/mol. The number of carbonyl (C=O) groups is 1. The van der Waals surface area contributed by atoms with Gasteiger partial charge in [0.25, 0.3) is 5.91 Å². The van der Waals surface area contributed by atoms with Crippen LogP contribution >= 0.6 is 15.9 Å². The smallest absolute Gasteiger partial charge is 0.256 e. The van der Waals surface area contributed by atoms with E-state index in [9.17, 15) is 9.18 Å². The largest absolute Gasteiger partial charge is 0.328 e. The lowest BCUT2D eigenvalue weighted by atomic mass is 9.92. The lowest BCUT2D eigenvalue weighted by molar-refractivity contribution is 0.0764. The summed E-state index contributed by atoms with van der Waals surface area (Å²) < 4.78 is 15.5. The summed E-state index contributed by atoms with van der Waals surface area (Å²) in [4.78, 5) is 18.5. The molecular weight excluding hydrogens is 371 g/mol. The number of carbonyl (C=O) groups excluding carboxylic acids is 1. The average molecular weight is 389 g/mol. The van der Waals surface area contributed by atoms with E-state index in [-0.39, 0.29) is 11.7 Å². The molecule has 2 aliphatic rings. The third-order valence-electron chi connectivity index (χ3n) is 5.09. The Labute approximate surface area is 149 Å². The summed E-state index contributed by atoms with van der Waals surface area (Å²) in [7, 11) is 0. The molecule has 2 heterocycles. The van der Waals surface area contributed by atoms with Crippen LogP contribution in [-0.4, -0.2) is 15.8 Å². The molecule has 0 atom stereocenters. The van der Waals surface area contributed by atoms with Gasteiger partial charge >= 0.3 is 0 Å². The van der Waals surface area contributed by atoms with E-state index in [1.54, 1.807) is 23.2 Å². The number of nitrogens with zero attached hydrogens (tertiary/aromatic N) is 2. The van der Waals surface area contributed by atoms with Crippen LogP contribution in [-0.2, 0) is 13.1 Å². The molecule has 3 nitrogen and oxygen atoms in total. The first-order valence-corrected chi connectivity index (χ1v) is 9.14. The van der Waals surface area contributed by atoms with Gasteiger partial charge in [0, 0.05) is 22.8 Å². The minimum Gasteiger partial charge on any atom is -0.328 e. The van der Waals surface area contributed by atoms with Gasteiger partial charge in [0.15, 0.2) is 0 Å². The SMILES string of the molecule is O=C1c2cccnc2CN1Cc1c(F)cc(Br)cc1C1CCCC1. The molecule has 0 unspecified atom stereocenters. The molecule has 0 saturated heterocycles. The summed E-state index contributed by atoms with van der Waals surface area (Å²) in [6.45, 7) is 0.759.